The van der Waals surface area contributed by atoms with Crippen molar-refractivity contribution in [3.05, 3.63) is 64.6 Å². The summed E-state index contributed by atoms with van der Waals surface area (Å²) in [5, 5.41) is 16.5. The maximum Gasteiger partial charge on any atom is 0.248 e. The first kappa shape index (κ1) is 28.3. The van der Waals surface area contributed by atoms with Crippen molar-refractivity contribution in [2.24, 2.45) is 0 Å². The van der Waals surface area contributed by atoms with E-state index in [1.807, 2.05) is 19.9 Å². The van der Waals surface area contributed by atoms with Gasteiger partial charge in [-0.3, -0.25) is 14.7 Å². The average molecular weight is 551 g/mol. The summed E-state index contributed by atoms with van der Waals surface area (Å²) in [5.74, 6) is -0.487. The van der Waals surface area contributed by atoms with Crippen molar-refractivity contribution in [2.75, 3.05) is 57.0 Å². The fourth-order valence-electron chi connectivity index (χ4n) is 4.47. The molecule has 0 unspecified atom stereocenters. The number of piperazine rings is 1. The molecule has 4 rings (SSSR count). The fraction of sp³-hybridized carbons (Fsp3) is 0.345. The van der Waals surface area contributed by atoms with Gasteiger partial charge in [-0.25, -0.2) is 4.39 Å². The first-order valence-electron chi connectivity index (χ1n) is 13.0. The van der Waals surface area contributed by atoms with Gasteiger partial charge in [0.2, 0.25) is 5.91 Å². The van der Waals surface area contributed by atoms with E-state index in [4.69, 9.17) is 16.3 Å². The topological polar surface area (TPSA) is 93.5 Å². The van der Waals surface area contributed by atoms with Crippen LogP contribution in [0, 0.1) is 17.1 Å². The molecule has 204 valence electrons. The van der Waals surface area contributed by atoms with Crippen LogP contribution in [0.4, 0.5) is 21.5 Å². The molecule has 1 amide bonds. The molecule has 1 saturated heterocycles. The molecule has 0 saturated carbocycles. The van der Waals surface area contributed by atoms with Gasteiger partial charge in [0.15, 0.2) is 5.82 Å². The van der Waals surface area contributed by atoms with Crippen LogP contribution in [0.1, 0.15) is 25.1 Å². The first-order valence-corrected chi connectivity index (χ1v) is 13.3. The number of carbonyl (C=O) groups is 1. The van der Waals surface area contributed by atoms with Crippen LogP contribution in [-0.4, -0.2) is 67.1 Å². The predicted molar refractivity (Wildman–Crippen MR) is 153 cm³/mol. The summed E-state index contributed by atoms with van der Waals surface area (Å²) < 4.78 is 20.6. The van der Waals surface area contributed by atoms with Gasteiger partial charge in [-0.1, -0.05) is 30.7 Å². The smallest absolute Gasteiger partial charge is 0.248 e. The number of hydrogen-bond donors (Lipinski definition) is 2. The Morgan fingerprint density at radius 1 is 1.23 bits per heavy atom. The Morgan fingerprint density at radius 3 is 2.69 bits per heavy atom. The lowest BCUT2D eigenvalue weighted by Gasteiger charge is -2.31. The summed E-state index contributed by atoms with van der Waals surface area (Å²) in [6.07, 6.45) is 3.85. The van der Waals surface area contributed by atoms with E-state index in [9.17, 15) is 14.4 Å². The van der Waals surface area contributed by atoms with Gasteiger partial charge in [0.25, 0.3) is 0 Å². The van der Waals surface area contributed by atoms with E-state index in [0.717, 1.165) is 26.2 Å². The van der Waals surface area contributed by atoms with Crippen LogP contribution >= 0.6 is 11.6 Å². The number of likely N-dealkylation sites (N-methyl/N-ethyl adjacent to an activating group) is 1. The lowest BCUT2D eigenvalue weighted by molar-refractivity contribution is -0.111. The molecule has 1 aliphatic rings. The molecule has 0 bridgehead atoms. The van der Waals surface area contributed by atoms with Crippen molar-refractivity contribution < 1.29 is 13.9 Å². The zero-order chi connectivity index (χ0) is 27.9. The molecule has 0 radical (unpaired) electrons. The van der Waals surface area contributed by atoms with Gasteiger partial charge < -0.3 is 20.3 Å². The summed E-state index contributed by atoms with van der Waals surface area (Å²) in [7, 11) is 2.10. The van der Waals surface area contributed by atoms with Gasteiger partial charge in [-0.2, -0.15) is 5.26 Å². The second-order valence-electron chi connectivity index (χ2n) is 9.29. The Balaban J connectivity index is 1.70. The van der Waals surface area contributed by atoms with Crippen molar-refractivity contribution in [1.82, 2.24) is 14.8 Å². The molecule has 0 aliphatic carbocycles. The Kier molecular flexibility index (Phi) is 9.36. The Bertz CT molecular complexity index is 1430. The highest BCUT2D eigenvalue weighted by Crippen LogP contribution is 2.38. The number of halogens is 2. The summed E-state index contributed by atoms with van der Waals surface area (Å²) in [6.45, 7) is 8.73. The summed E-state index contributed by atoms with van der Waals surface area (Å²) in [4.78, 5) is 22.1. The Morgan fingerprint density at radius 2 is 2.00 bits per heavy atom. The number of benzene rings is 2. The van der Waals surface area contributed by atoms with Gasteiger partial charge >= 0.3 is 0 Å². The van der Waals surface area contributed by atoms with Crippen LogP contribution in [0.5, 0.6) is 5.75 Å². The van der Waals surface area contributed by atoms with Gasteiger partial charge in [0.05, 0.1) is 45.5 Å². The maximum atomic E-state index is 14.8. The number of hydrogen-bond acceptors (Lipinski definition) is 7. The number of nitrogens with one attached hydrogen (secondary N) is 2. The van der Waals surface area contributed by atoms with Crippen LogP contribution in [0.25, 0.3) is 10.9 Å². The van der Waals surface area contributed by atoms with E-state index >= 15 is 0 Å². The summed E-state index contributed by atoms with van der Waals surface area (Å²) >= 11 is 6.00. The molecule has 1 aliphatic heterocycles. The van der Waals surface area contributed by atoms with Crippen molar-refractivity contribution in [3.63, 3.8) is 0 Å². The number of rotatable bonds is 9. The lowest BCUT2D eigenvalue weighted by Crippen LogP contribution is -2.44. The minimum Gasteiger partial charge on any atom is -0.492 e. The lowest BCUT2D eigenvalue weighted by atomic mass is 10.0. The number of aryl methyl sites for hydroxylation is 1. The van der Waals surface area contributed by atoms with E-state index < -0.39 is 5.82 Å². The van der Waals surface area contributed by atoms with Gasteiger partial charge in [-0.15, -0.1) is 0 Å². The quantitative estimate of drug-likeness (QED) is 0.347. The van der Waals surface area contributed by atoms with Gasteiger partial charge in [-0.05, 0) is 38.6 Å². The van der Waals surface area contributed by atoms with Crippen molar-refractivity contribution >= 4 is 45.5 Å². The highest BCUT2D eigenvalue weighted by molar-refractivity contribution is 6.31. The molecule has 2 N–H and O–H groups in total. The molecule has 2 heterocycles. The average Bonchev–Trinajstić information content (AvgIpc) is 2.92. The second kappa shape index (κ2) is 12.9. The molecule has 1 fully saturated rings. The van der Waals surface area contributed by atoms with Crippen molar-refractivity contribution in [3.8, 4) is 11.8 Å². The molecular formula is C29H32ClFN6O2. The number of amides is 1. The number of anilines is 3. The predicted octanol–water partition coefficient (Wildman–Crippen LogP) is 5.35. The first-order chi connectivity index (χ1) is 18.8. The van der Waals surface area contributed by atoms with Crippen LogP contribution < -0.4 is 15.4 Å². The third-order valence-corrected chi connectivity index (χ3v) is 6.90. The fourth-order valence-corrected chi connectivity index (χ4v) is 4.64. The molecule has 2 aromatic carbocycles. The van der Waals surface area contributed by atoms with E-state index in [1.165, 1.54) is 12.1 Å². The molecule has 10 heteroatoms. The Labute approximate surface area is 233 Å². The van der Waals surface area contributed by atoms with Crippen LogP contribution in [-0.2, 0) is 11.2 Å². The Hall–Kier alpha value is -3.71. The van der Waals surface area contributed by atoms with E-state index in [2.05, 4.69) is 38.5 Å². The third-order valence-electron chi connectivity index (χ3n) is 6.61. The molecule has 8 nitrogen and oxygen atoms in total. The van der Waals surface area contributed by atoms with Gasteiger partial charge in [0, 0.05) is 50.3 Å². The number of ether oxygens (including phenoxy) is 1. The van der Waals surface area contributed by atoms with E-state index in [1.54, 1.807) is 24.3 Å². The zero-order valence-electron chi connectivity index (χ0n) is 22.4. The van der Waals surface area contributed by atoms with Crippen LogP contribution in [0.15, 0.2) is 42.5 Å². The summed E-state index contributed by atoms with van der Waals surface area (Å²) in [5.41, 5.74) is 2.31. The molecule has 3 aromatic rings. The summed E-state index contributed by atoms with van der Waals surface area (Å²) in [6, 6.07) is 10.2. The standard InChI is InChI=1S/C29H32ClFN6O2/c1-4-22-20(18-32)29(35-23-9-6-8-21(30)28(23)31)19-16-25(26(39-5-2)17-24(19)33-22)34-27(38)10-7-11-37-14-12-36(3)13-15-37/h6-10,16-17H,4-5,11-15H2,1-3H3,(H,33,35)(H,34,38)/b10-7+. The van der Waals surface area contributed by atoms with Crippen LogP contribution in [0.3, 0.4) is 0 Å². The number of nitriles is 1. The molecular weight excluding hydrogens is 519 g/mol. The number of nitrogens with zero attached hydrogens (tertiary/aromatic N) is 4. The minimum absolute atomic E-state index is 0.0393. The molecule has 1 aromatic heterocycles. The number of pyridine rings is 1. The monoisotopic (exact) mass is 550 g/mol. The van der Waals surface area contributed by atoms with Gasteiger partial charge in [0.1, 0.15) is 11.8 Å². The second-order valence-corrected chi connectivity index (χ2v) is 9.70. The number of carbonyl (C=O) groups excluding carboxylic acids is 1. The third kappa shape index (κ3) is 6.66. The van der Waals surface area contributed by atoms with Crippen molar-refractivity contribution in [2.45, 2.75) is 20.3 Å². The van der Waals surface area contributed by atoms with E-state index in [-0.39, 0.29) is 22.2 Å². The molecule has 39 heavy (non-hydrogen) atoms. The van der Waals surface area contributed by atoms with Crippen LogP contribution in [0.2, 0.25) is 5.02 Å². The highest BCUT2D eigenvalue weighted by Gasteiger charge is 2.20. The molecule has 0 spiro atoms. The van der Waals surface area contributed by atoms with Crippen molar-refractivity contribution in [1.29, 1.82) is 5.26 Å². The zero-order valence-corrected chi connectivity index (χ0v) is 23.1. The highest BCUT2D eigenvalue weighted by atomic mass is 35.5. The normalized spacial score (nSPS) is 14.5. The molecule has 0 atom stereocenters. The number of aromatic nitrogens is 1. The number of fused-ring (bicyclic) bond motifs is 1. The largest absolute Gasteiger partial charge is 0.492 e. The minimum atomic E-state index is -0.629. The van der Waals surface area contributed by atoms with E-state index in [0.29, 0.717) is 53.3 Å². The SMILES string of the molecule is CCOc1cc2nc(CC)c(C#N)c(Nc3cccc(Cl)c3F)c2cc1NC(=O)/C=C/CN1CCN(C)CC1. The maximum absolute atomic E-state index is 14.8.